The van der Waals surface area contributed by atoms with Crippen molar-refractivity contribution < 1.29 is 24.2 Å². The number of ether oxygens (including phenoxy) is 2. The minimum Gasteiger partial charge on any atom is -0.463 e. The molecule has 0 spiro atoms. The van der Waals surface area contributed by atoms with E-state index in [4.69, 9.17) is 9.47 Å². The van der Waals surface area contributed by atoms with Gasteiger partial charge in [0.05, 0.1) is 5.60 Å². The highest BCUT2D eigenvalue weighted by Crippen LogP contribution is 2.69. The lowest BCUT2D eigenvalue weighted by Crippen LogP contribution is -2.62. The maximum Gasteiger partial charge on any atom is 0.302 e. The number of fused-ring (bicyclic) bond motifs is 5. The number of aliphatic hydroxyl groups is 1. The van der Waals surface area contributed by atoms with Gasteiger partial charge >= 0.3 is 11.9 Å². The van der Waals surface area contributed by atoms with Gasteiger partial charge in [-0.2, -0.15) is 0 Å². The molecule has 5 rings (SSSR count). The first-order valence-electron chi connectivity index (χ1n) is 15.2. The molecule has 4 saturated carbocycles. The van der Waals surface area contributed by atoms with Gasteiger partial charge in [-0.25, -0.2) is 0 Å². The number of hydrogen-bond acceptors (Lipinski definition) is 6. The van der Waals surface area contributed by atoms with E-state index in [2.05, 4.69) is 26.1 Å². The molecule has 0 amide bonds. The first-order valence-corrected chi connectivity index (χ1v) is 15.2. The van der Waals surface area contributed by atoms with Crippen molar-refractivity contribution in [2.24, 2.45) is 46.3 Å². The zero-order valence-electron chi connectivity index (χ0n) is 24.1. The van der Waals surface area contributed by atoms with Crippen molar-refractivity contribution in [3.63, 3.8) is 0 Å². The summed E-state index contributed by atoms with van der Waals surface area (Å²) in [6, 6.07) is 0.0323. The van der Waals surface area contributed by atoms with Gasteiger partial charge in [-0.15, -0.1) is 0 Å². The summed E-state index contributed by atoms with van der Waals surface area (Å²) in [6.07, 6.45) is 10.5. The fourth-order valence-electron chi connectivity index (χ4n) is 10.6. The van der Waals surface area contributed by atoms with Crippen LogP contribution in [0.25, 0.3) is 0 Å². The molecule has 6 heteroatoms. The van der Waals surface area contributed by atoms with Gasteiger partial charge in [0.15, 0.2) is 0 Å². The van der Waals surface area contributed by atoms with Crippen LogP contribution in [0.3, 0.4) is 0 Å². The van der Waals surface area contributed by atoms with Gasteiger partial charge < -0.3 is 19.9 Å². The smallest absolute Gasteiger partial charge is 0.302 e. The van der Waals surface area contributed by atoms with Gasteiger partial charge in [-0.05, 0) is 118 Å². The number of carbonyl (C=O) groups excluding carboxylic acids is 2. The van der Waals surface area contributed by atoms with Crippen molar-refractivity contribution in [2.75, 3.05) is 6.54 Å². The van der Waals surface area contributed by atoms with Crippen LogP contribution in [0.1, 0.15) is 106 Å². The van der Waals surface area contributed by atoms with Crippen LogP contribution in [0.4, 0.5) is 0 Å². The third kappa shape index (κ3) is 4.66. The van der Waals surface area contributed by atoms with Crippen LogP contribution in [0.15, 0.2) is 0 Å². The molecule has 6 nitrogen and oxygen atoms in total. The van der Waals surface area contributed by atoms with E-state index < -0.39 is 5.60 Å². The second-order valence-electron chi connectivity index (χ2n) is 14.4. The van der Waals surface area contributed by atoms with Crippen molar-refractivity contribution in [3.05, 3.63) is 0 Å². The van der Waals surface area contributed by atoms with Gasteiger partial charge in [-0.3, -0.25) is 9.59 Å². The maximum absolute atomic E-state index is 12.3. The molecule has 0 bridgehead atoms. The molecule has 5 fully saturated rings. The van der Waals surface area contributed by atoms with Gasteiger partial charge in [0, 0.05) is 25.8 Å². The van der Waals surface area contributed by atoms with E-state index in [1.807, 2.05) is 6.92 Å². The average Bonchev–Trinajstić information content (AvgIpc) is 3.11. The molecule has 0 aromatic heterocycles. The van der Waals surface area contributed by atoms with Gasteiger partial charge in [0.1, 0.15) is 12.2 Å². The molecular weight excluding hydrogens is 466 g/mol. The second kappa shape index (κ2) is 9.80. The predicted octanol–water partition coefficient (Wildman–Crippen LogP) is 5.26. The van der Waals surface area contributed by atoms with E-state index >= 15 is 0 Å². The highest BCUT2D eigenvalue weighted by atomic mass is 16.5. The minimum absolute atomic E-state index is 0.0323. The maximum atomic E-state index is 12.3. The third-order valence-corrected chi connectivity index (χ3v) is 12.3. The molecule has 4 aliphatic carbocycles. The lowest BCUT2D eigenvalue weighted by atomic mass is 9.44. The molecule has 1 aliphatic heterocycles. The van der Waals surface area contributed by atoms with E-state index in [1.165, 1.54) is 33.1 Å². The second-order valence-corrected chi connectivity index (χ2v) is 14.4. The third-order valence-electron chi connectivity index (χ3n) is 12.3. The molecule has 1 heterocycles. The summed E-state index contributed by atoms with van der Waals surface area (Å²) in [4.78, 5) is 23.9. The zero-order valence-corrected chi connectivity index (χ0v) is 24.1. The Labute approximate surface area is 224 Å². The van der Waals surface area contributed by atoms with Crippen molar-refractivity contribution in [1.29, 1.82) is 0 Å². The molecule has 210 valence electrons. The number of esters is 2. The van der Waals surface area contributed by atoms with Crippen molar-refractivity contribution in [2.45, 2.75) is 130 Å². The van der Waals surface area contributed by atoms with E-state index in [0.29, 0.717) is 29.6 Å². The van der Waals surface area contributed by atoms with Crippen LogP contribution in [0, 0.1) is 46.3 Å². The van der Waals surface area contributed by atoms with Crippen molar-refractivity contribution >= 4 is 11.9 Å². The summed E-state index contributed by atoms with van der Waals surface area (Å²) in [7, 11) is 0. The molecule has 0 aromatic rings. The Bertz CT molecular complexity index is 881. The SMILES string of the molecule is CC(=O)O[C@H]1CC[C@@]2(C)[C@@H](CC[C@@H]3[C@@H]2CC[C@@]2(C)[C@H]3C[C@H](OC(C)=O)[C@@H]2[C@@](C)(O)C2CCC(C)CN2)C1. The Kier molecular flexibility index (Phi) is 7.26. The summed E-state index contributed by atoms with van der Waals surface area (Å²) in [5.74, 6) is 2.50. The van der Waals surface area contributed by atoms with E-state index in [-0.39, 0.29) is 46.9 Å². The summed E-state index contributed by atoms with van der Waals surface area (Å²) in [5.41, 5.74) is -0.701. The molecule has 12 atom stereocenters. The molecule has 0 aromatic carbocycles. The van der Waals surface area contributed by atoms with Crippen LogP contribution >= 0.6 is 0 Å². The topological polar surface area (TPSA) is 84.9 Å². The van der Waals surface area contributed by atoms with E-state index in [9.17, 15) is 14.7 Å². The highest BCUT2D eigenvalue weighted by Gasteiger charge is 2.67. The van der Waals surface area contributed by atoms with Gasteiger partial charge in [0.25, 0.3) is 0 Å². The Balaban J connectivity index is 1.41. The number of carbonyl (C=O) groups is 2. The number of rotatable bonds is 4. The van der Waals surface area contributed by atoms with Crippen LogP contribution in [-0.4, -0.2) is 47.4 Å². The van der Waals surface area contributed by atoms with Crippen molar-refractivity contribution in [1.82, 2.24) is 5.32 Å². The Hall–Kier alpha value is -1.14. The Morgan fingerprint density at radius 1 is 0.892 bits per heavy atom. The molecular formula is C31H51NO5. The van der Waals surface area contributed by atoms with E-state index in [0.717, 1.165) is 51.5 Å². The predicted molar refractivity (Wildman–Crippen MR) is 143 cm³/mol. The highest BCUT2D eigenvalue weighted by molar-refractivity contribution is 5.66. The Morgan fingerprint density at radius 3 is 2.24 bits per heavy atom. The summed E-state index contributed by atoms with van der Waals surface area (Å²) < 4.78 is 11.7. The zero-order chi connectivity index (χ0) is 26.8. The van der Waals surface area contributed by atoms with Crippen molar-refractivity contribution in [3.8, 4) is 0 Å². The van der Waals surface area contributed by atoms with Crippen LogP contribution < -0.4 is 5.32 Å². The molecule has 2 unspecified atom stereocenters. The Morgan fingerprint density at radius 2 is 1.59 bits per heavy atom. The normalized spacial score (nSPS) is 49.1. The summed E-state index contributed by atoms with van der Waals surface area (Å²) in [5, 5.41) is 15.9. The number of nitrogens with one attached hydrogen (secondary N) is 1. The van der Waals surface area contributed by atoms with E-state index in [1.54, 1.807) is 0 Å². The quantitative estimate of drug-likeness (QED) is 0.495. The van der Waals surface area contributed by atoms with Crippen LogP contribution in [0.2, 0.25) is 0 Å². The number of hydrogen-bond donors (Lipinski definition) is 2. The fourth-order valence-corrected chi connectivity index (χ4v) is 10.6. The first-order chi connectivity index (χ1) is 17.4. The number of piperidine rings is 1. The van der Waals surface area contributed by atoms with Gasteiger partial charge in [-0.1, -0.05) is 20.8 Å². The molecule has 2 N–H and O–H groups in total. The van der Waals surface area contributed by atoms with Crippen LogP contribution in [0.5, 0.6) is 0 Å². The monoisotopic (exact) mass is 517 g/mol. The largest absolute Gasteiger partial charge is 0.463 e. The lowest BCUT2D eigenvalue weighted by molar-refractivity contribution is -0.174. The minimum atomic E-state index is -0.931. The van der Waals surface area contributed by atoms with Crippen LogP contribution in [-0.2, 0) is 19.1 Å². The fraction of sp³-hybridized carbons (Fsp3) is 0.935. The first kappa shape index (κ1) is 27.4. The average molecular weight is 518 g/mol. The molecule has 5 aliphatic rings. The summed E-state index contributed by atoms with van der Waals surface area (Å²) >= 11 is 0. The molecule has 1 saturated heterocycles. The standard InChI is InChI=1S/C31H51NO5/c1-18-7-10-27(32-17-18)31(6,35)28-26(37-20(3)34)16-25-23-9-8-21-15-22(36-19(2)33)11-13-29(21,4)24(23)12-14-30(25,28)5/h18,21-28,32,35H,7-17H2,1-6H3/t18?,21-,22-,23+,24-,25-,26-,27?,28-,29-,30-,31-/m0/s1. The lowest BCUT2D eigenvalue weighted by Gasteiger charge is -2.61. The summed E-state index contributed by atoms with van der Waals surface area (Å²) in [6.45, 7) is 13.2. The molecule has 0 radical (unpaired) electrons. The molecule has 37 heavy (non-hydrogen) atoms. The van der Waals surface area contributed by atoms with Gasteiger partial charge in [0.2, 0.25) is 0 Å².